The highest BCUT2D eigenvalue weighted by Gasteiger charge is 2.18. The molecule has 1 amide bonds. The summed E-state index contributed by atoms with van der Waals surface area (Å²) in [7, 11) is 0. The van der Waals surface area contributed by atoms with E-state index in [0.717, 1.165) is 11.1 Å². The number of aromatic nitrogens is 2. The van der Waals surface area contributed by atoms with Gasteiger partial charge in [-0.3, -0.25) is 19.6 Å². The lowest BCUT2D eigenvalue weighted by molar-refractivity contribution is -0.384. The number of carbonyl (C=O) groups is 1. The van der Waals surface area contributed by atoms with Crippen molar-refractivity contribution in [2.75, 3.05) is 5.32 Å². The smallest absolute Gasteiger partial charge is 0.277 e. The first-order valence-corrected chi connectivity index (χ1v) is 9.65. The molecule has 0 radical (unpaired) electrons. The zero-order valence-corrected chi connectivity index (χ0v) is 17.7. The Bertz CT molecular complexity index is 1090. The Hall–Kier alpha value is -3.20. The summed E-state index contributed by atoms with van der Waals surface area (Å²) < 4.78 is 8.02. The van der Waals surface area contributed by atoms with Crippen LogP contribution in [0.2, 0.25) is 0 Å². The Morgan fingerprint density at radius 1 is 1.28 bits per heavy atom. The minimum Gasteiger partial charge on any atom is -0.457 e. The second-order valence-electron chi connectivity index (χ2n) is 6.48. The van der Waals surface area contributed by atoms with Crippen LogP contribution in [0.1, 0.15) is 28.5 Å². The predicted octanol–water partition coefficient (Wildman–Crippen LogP) is 5.24. The first-order chi connectivity index (χ1) is 13.8. The van der Waals surface area contributed by atoms with E-state index in [-0.39, 0.29) is 22.8 Å². The molecule has 0 fully saturated rings. The third-order valence-electron chi connectivity index (χ3n) is 4.19. The van der Waals surface area contributed by atoms with Gasteiger partial charge in [0.25, 0.3) is 11.6 Å². The van der Waals surface area contributed by atoms with Crippen molar-refractivity contribution in [3.8, 4) is 11.5 Å². The third kappa shape index (κ3) is 4.80. The van der Waals surface area contributed by atoms with E-state index in [1.807, 2.05) is 39.0 Å². The molecule has 1 N–H and O–H groups in total. The van der Waals surface area contributed by atoms with E-state index in [9.17, 15) is 14.9 Å². The fourth-order valence-corrected chi connectivity index (χ4v) is 3.16. The Labute approximate surface area is 175 Å². The van der Waals surface area contributed by atoms with Crippen molar-refractivity contribution in [2.24, 2.45) is 0 Å². The summed E-state index contributed by atoms with van der Waals surface area (Å²) in [4.78, 5) is 23.4. The molecule has 1 heterocycles. The van der Waals surface area contributed by atoms with Crippen LogP contribution < -0.4 is 10.1 Å². The highest BCUT2D eigenvalue weighted by Crippen LogP contribution is 2.32. The van der Waals surface area contributed by atoms with Gasteiger partial charge < -0.3 is 10.1 Å². The zero-order valence-electron chi connectivity index (χ0n) is 16.1. The summed E-state index contributed by atoms with van der Waals surface area (Å²) in [5, 5.41) is 18.2. The number of nitrogens with one attached hydrogen (secondary N) is 1. The normalized spacial score (nSPS) is 10.6. The molecule has 0 saturated heterocycles. The number of nitro benzene ring substituents is 1. The number of carbonyl (C=O) groups excluding carboxylic acids is 1. The van der Waals surface area contributed by atoms with Crippen LogP contribution in [0, 0.1) is 24.0 Å². The molecule has 1 aromatic heterocycles. The number of rotatable bonds is 6. The number of halogens is 1. The van der Waals surface area contributed by atoms with Gasteiger partial charge in [0, 0.05) is 24.9 Å². The highest BCUT2D eigenvalue weighted by molar-refractivity contribution is 9.10. The summed E-state index contributed by atoms with van der Waals surface area (Å²) >= 11 is 3.31. The standard InChI is InChI=1S/C20H19BrN4O4/c1-4-24-11-17(21)19(23-24)20(26)22-14-8-15(25(27)28)10-16(9-14)29-18-7-12(2)5-6-13(18)3/h5-11H,4H2,1-3H3,(H,22,26). The summed E-state index contributed by atoms with van der Waals surface area (Å²) in [6.45, 7) is 6.32. The molecule has 0 aliphatic rings. The average molecular weight is 459 g/mol. The topological polar surface area (TPSA) is 99.3 Å². The molecule has 0 aliphatic heterocycles. The monoisotopic (exact) mass is 458 g/mol. The molecule has 0 aliphatic carbocycles. The second-order valence-corrected chi connectivity index (χ2v) is 7.33. The molecule has 29 heavy (non-hydrogen) atoms. The minimum absolute atomic E-state index is 0.190. The Balaban J connectivity index is 1.92. The van der Waals surface area contributed by atoms with E-state index in [2.05, 4.69) is 26.3 Å². The van der Waals surface area contributed by atoms with Crippen LogP contribution in [0.4, 0.5) is 11.4 Å². The Kier molecular flexibility index (Phi) is 5.97. The molecular formula is C20H19BrN4O4. The summed E-state index contributed by atoms with van der Waals surface area (Å²) in [5.41, 5.74) is 2.13. The lowest BCUT2D eigenvalue weighted by Crippen LogP contribution is -2.14. The van der Waals surface area contributed by atoms with E-state index in [0.29, 0.717) is 16.8 Å². The number of amides is 1. The maximum absolute atomic E-state index is 12.6. The number of nitro groups is 1. The van der Waals surface area contributed by atoms with Gasteiger partial charge in [0.1, 0.15) is 11.5 Å². The van der Waals surface area contributed by atoms with Crippen LogP contribution in [-0.4, -0.2) is 20.6 Å². The van der Waals surface area contributed by atoms with Crippen LogP contribution in [0.3, 0.4) is 0 Å². The predicted molar refractivity (Wildman–Crippen MR) is 113 cm³/mol. The molecule has 0 atom stereocenters. The van der Waals surface area contributed by atoms with E-state index in [1.54, 1.807) is 10.9 Å². The van der Waals surface area contributed by atoms with Crippen molar-refractivity contribution in [1.29, 1.82) is 0 Å². The van der Waals surface area contributed by atoms with Crippen LogP contribution in [0.15, 0.2) is 47.1 Å². The van der Waals surface area contributed by atoms with Gasteiger partial charge in [-0.05, 0) is 53.9 Å². The Morgan fingerprint density at radius 3 is 2.69 bits per heavy atom. The maximum atomic E-state index is 12.6. The number of hydrogen-bond donors (Lipinski definition) is 1. The second kappa shape index (κ2) is 8.44. The van der Waals surface area contributed by atoms with Crippen LogP contribution in [0.25, 0.3) is 0 Å². The van der Waals surface area contributed by atoms with Gasteiger partial charge in [-0.2, -0.15) is 5.10 Å². The van der Waals surface area contributed by atoms with E-state index >= 15 is 0 Å². The van der Waals surface area contributed by atoms with Crippen molar-refractivity contribution < 1.29 is 14.5 Å². The van der Waals surface area contributed by atoms with Gasteiger partial charge in [0.2, 0.25) is 0 Å². The lowest BCUT2D eigenvalue weighted by Gasteiger charge is -2.11. The maximum Gasteiger partial charge on any atom is 0.277 e. The molecule has 2 aromatic carbocycles. The molecule has 0 saturated carbocycles. The van der Waals surface area contributed by atoms with Crippen LogP contribution in [0.5, 0.6) is 11.5 Å². The summed E-state index contributed by atoms with van der Waals surface area (Å²) in [5.74, 6) is 0.357. The first-order valence-electron chi connectivity index (χ1n) is 8.85. The molecule has 8 nitrogen and oxygen atoms in total. The van der Waals surface area contributed by atoms with Crippen LogP contribution in [-0.2, 0) is 6.54 Å². The number of hydrogen-bond acceptors (Lipinski definition) is 5. The van der Waals surface area contributed by atoms with Crippen molar-refractivity contribution >= 4 is 33.2 Å². The van der Waals surface area contributed by atoms with Gasteiger partial charge in [-0.25, -0.2) is 0 Å². The van der Waals surface area contributed by atoms with Crippen molar-refractivity contribution in [1.82, 2.24) is 9.78 Å². The molecule has 3 aromatic rings. The minimum atomic E-state index is -0.534. The molecule has 0 bridgehead atoms. The van der Waals surface area contributed by atoms with E-state index in [1.165, 1.54) is 18.2 Å². The number of benzene rings is 2. The molecular weight excluding hydrogens is 440 g/mol. The van der Waals surface area contributed by atoms with Crippen molar-refractivity contribution in [3.63, 3.8) is 0 Å². The van der Waals surface area contributed by atoms with Gasteiger partial charge in [-0.15, -0.1) is 0 Å². The Morgan fingerprint density at radius 2 is 2.03 bits per heavy atom. The van der Waals surface area contributed by atoms with Crippen molar-refractivity contribution in [3.05, 3.63) is 74.0 Å². The SMILES string of the molecule is CCn1cc(Br)c(C(=O)Nc2cc(Oc3cc(C)ccc3C)cc([N+](=O)[O-])c2)n1. The highest BCUT2D eigenvalue weighted by atomic mass is 79.9. The number of anilines is 1. The number of aryl methyl sites for hydroxylation is 3. The fraction of sp³-hybridized carbons (Fsp3) is 0.200. The first kappa shape index (κ1) is 20.5. The fourth-order valence-electron chi connectivity index (χ4n) is 2.67. The average Bonchev–Trinajstić information content (AvgIpc) is 3.05. The molecule has 0 unspecified atom stereocenters. The van der Waals surface area contributed by atoms with E-state index in [4.69, 9.17) is 4.74 Å². The summed E-state index contributed by atoms with van der Waals surface area (Å²) in [6, 6.07) is 9.84. The number of ether oxygens (including phenoxy) is 1. The molecule has 3 rings (SSSR count). The molecule has 150 valence electrons. The van der Waals surface area contributed by atoms with Gasteiger partial charge in [0.15, 0.2) is 5.69 Å². The lowest BCUT2D eigenvalue weighted by atomic mass is 10.1. The van der Waals surface area contributed by atoms with Crippen LogP contribution >= 0.6 is 15.9 Å². The van der Waals surface area contributed by atoms with Gasteiger partial charge >= 0.3 is 0 Å². The van der Waals surface area contributed by atoms with Gasteiger partial charge in [0.05, 0.1) is 21.1 Å². The summed E-state index contributed by atoms with van der Waals surface area (Å²) in [6.07, 6.45) is 1.69. The number of non-ortho nitro benzene ring substituents is 1. The molecule has 0 spiro atoms. The third-order valence-corrected chi connectivity index (χ3v) is 4.77. The van der Waals surface area contributed by atoms with E-state index < -0.39 is 10.8 Å². The quantitative estimate of drug-likeness (QED) is 0.402. The van der Waals surface area contributed by atoms with Gasteiger partial charge in [-0.1, -0.05) is 12.1 Å². The largest absolute Gasteiger partial charge is 0.457 e. The molecule has 9 heteroatoms. The van der Waals surface area contributed by atoms with Crippen molar-refractivity contribution in [2.45, 2.75) is 27.3 Å². The zero-order chi connectivity index (χ0) is 21.1. The number of nitrogens with zero attached hydrogens (tertiary/aromatic N) is 3.